The molecule has 1 aliphatic carbocycles. The third-order valence-electron chi connectivity index (χ3n) is 7.67. The van der Waals surface area contributed by atoms with E-state index in [0.717, 1.165) is 42.4 Å². The van der Waals surface area contributed by atoms with Crippen LogP contribution in [0.4, 0.5) is 4.79 Å². The van der Waals surface area contributed by atoms with Gasteiger partial charge >= 0.3 is 6.09 Å². The lowest BCUT2D eigenvalue weighted by Gasteiger charge is -2.40. The molecule has 0 bridgehead atoms. The van der Waals surface area contributed by atoms with Crippen molar-refractivity contribution < 1.29 is 19.1 Å². The van der Waals surface area contributed by atoms with Crippen molar-refractivity contribution >= 4 is 17.9 Å². The monoisotopic (exact) mass is 529 g/mol. The molecule has 7 nitrogen and oxygen atoms in total. The van der Waals surface area contributed by atoms with E-state index in [1.165, 1.54) is 6.42 Å². The minimum absolute atomic E-state index is 0.114. The second kappa shape index (κ2) is 14.0. The summed E-state index contributed by atoms with van der Waals surface area (Å²) in [5.74, 6) is -0.566. The van der Waals surface area contributed by atoms with Crippen molar-refractivity contribution in [1.29, 1.82) is 0 Å². The van der Waals surface area contributed by atoms with Gasteiger partial charge in [0.15, 0.2) is 0 Å². The molecule has 2 N–H and O–H groups in total. The predicted octanol–water partition coefficient (Wildman–Crippen LogP) is 6.36. The molecule has 3 amide bonds. The SMILES string of the molecule is CCC(C)C(NC(=O)OC(C)(C)C)C(=O)N(C(C)CC)C(C(=O)NC1CCCCC1)c1ccc(C)cc1C. The number of rotatable bonds is 10. The minimum atomic E-state index is -0.820. The van der Waals surface area contributed by atoms with Crippen molar-refractivity contribution in [3.05, 3.63) is 34.9 Å². The third kappa shape index (κ3) is 8.74. The van der Waals surface area contributed by atoms with Gasteiger partial charge in [-0.3, -0.25) is 9.59 Å². The minimum Gasteiger partial charge on any atom is -0.444 e. The number of nitrogens with one attached hydrogen (secondary N) is 2. The number of nitrogens with zero attached hydrogens (tertiary/aromatic N) is 1. The summed E-state index contributed by atoms with van der Waals surface area (Å²) >= 11 is 0. The van der Waals surface area contributed by atoms with Gasteiger partial charge in [-0.15, -0.1) is 0 Å². The molecule has 1 fully saturated rings. The van der Waals surface area contributed by atoms with Gasteiger partial charge in [0.2, 0.25) is 11.8 Å². The maximum absolute atomic E-state index is 14.4. The quantitative estimate of drug-likeness (QED) is 0.369. The lowest BCUT2D eigenvalue weighted by molar-refractivity contribution is -0.146. The Morgan fingerprint density at radius 2 is 1.66 bits per heavy atom. The van der Waals surface area contributed by atoms with Crippen LogP contribution < -0.4 is 10.6 Å². The number of hydrogen-bond acceptors (Lipinski definition) is 4. The largest absolute Gasteiger partial charge is 0.444 e. The number of hydrogen-bond donors (Lipinski definition) is 2. The molecule has 0 aromatic heterocycles. The van der Waals surface area contributed by atoms with E-state index in [9.17, 15) is 14.4 Å². The molecule has 0 saturated heterocycles. The van der Waals surface area contributed by atoms with Crippen LogP contribution in [0.2, 0.25) is 0 Å². The topological polar surface area (TPSA) is 87.7 Å². The standard InChI is InChI=1S/C31H51N3O4/c1-10-21(4)26(33-30(37)38-31(7,8)9)29(36)34(23(6)11-2)27(25-18-17-20(3)19-22(25)5)28(35)32-24-15-13-12-14-16-24/h17-19,21,23-24,26-27H,10-16H2,1-9H3,(H,32,35)(H,33,37). The summed E-state index contributed by atoms with van der Waals surface area (Å²) in [7, 11) is 0. The smallest absolute Gasteiger partial charge is 0.408 e. The average Bonchev–Trinajstić information content (AvgIpc) is 2.84. The zero-order valence-electron chi connectivity index (χ0n) is 25.1. The fourth-order valence-electron chi connectivity index (χ4n) is 5.15. The van der Waals surface area contributed by atoms with E-state index in [-0.39, 0.29) is 29.8 Å². The number of amides is 3. The number of aryl methyl sites for hydroxylation is 2. The van der Waals surface area contributed by atoms with Crippen LogP contribution in [-0.4, -0.2) is 46.5 Å². The normalized spacial score (nSPS) is 17.6. The molecule has 0 spiro atoms. The zero-order valence-corrected chi connectivity index (χ0v) is 25.1. The number of benzene rings is 1. The van der Waals surface area contributed by atoms with Crippen LogP contribution in [0.15, 0.2) is 18.2 Å². The Bertz CT molecular complexity index is 949. The molecule has 2 rings (SSSR count). The van der Waals surface area contributed by atoms with Gasteiger partial charge in [0.25, 0.3) is 0 Å². The van der Waals surface area contributed by atoms with Crippen LogP contribution in [0.1, 0.15) is 116 Å². The molecule has 4 atom stereocenters. The third-order valence-corrected chi connectivity index (χ3v) is 7.67. The van der Waals surface area contributed by atoms with Gasteiger partial charge in [-0.25, -0.2) is 4.79 Å². The van der Waals surface area contributed by atoms with Crippen LogP contribution in [0.25, 0.3) is 0 Å². The molecule has 1 aromatic carbocycles. The van der Waals surface area contributed by atoms with Crippen LogP contribution in [0, 0.1) is 19.8 Å². The Kier molecular flexibility index (Phi) is 11.7. The summed E-state index contributed by atoms with van der Waals surface area (Å²) < 4.78 is 5.50. The molecule has 1 aliphatic rings. The molecule has 0 aliphatic heterocycles. The fourth-order valence-corrected chi connectivity index (χ4v) is 5.15. The van der Waals surface area contributed by atoms with Gasteiger partial charge in [-0.1, -0.05) is 70.2 Å². The van der Waals surface area contributed by atoms with Gasteiger partial charge in [0, 0.05) is 12.1 Å². The Morgan fingerprint density at radius 1 is 1.03 bits per heavy atom. The van der Waals surface area contributed by atoms with E-state index < -0.39 is 23.8 Å². The Hall–Kier alpha value is -2.57. The molecule has 0 heterocycles. The number of ether oxygens (including phenoxy) is 1. The van der Waals surface area contributed by atoms with E-state index in [1.807, 2.05) is 53.7 Å². The van der Waals surface area contributed by atoms with Crippen LogP contribution in [0.3, 0.4) is 0 Å². The van der Waals surface area contributed by atoms with Crippen LogP contribution in [0.5, 0.6) is 0 Å². The van der Waals surface area contributed by atoms with E-state index >= 15 is 0 Å². The van der Waals surface area contributed by atoms with Crippen molar-refractivity contribution in [2.24, 2.45) is 5.92 Å². The highest BCUT2D eigenvalue weighted by Gasteiger charge is 2.41. The summed E-state index contributed by atoms with van der Waals surface area (Å²) in [6.07, 6.45) is 6.03. The first-order valence-corrected chi connectivity index (χ1v) is 14.5. The second-order valence-electron chi connectivity index (χ2n) is 12.1. The Labute approximate surface area is 230 Å². The van der Waals surface area contributed by atoms with Gasteiger partial charge in [0.1, 0.15) is 17.7 Å². The highest BCUT2D eigenvalue weighted by Crippen LogP contribution is 2.31. The first-order chi connectivity index (χ1) is 17.8. The highest BCUT2D eigenvalue weighted by atomic mass is 16.6. The van der Waals surface area contributed by atoms with E-state index in [2.05, 4.69) is 16.7 Å². The lowest BCUT2D eigenvalue weighted by Crippen LogP contribution is -2.58. The van der Waals surface area contributed by atoms with Gasteiger partial charge in [0.05, 0.1) is 0 Å². The number of alkyl carbamates (subject to hydrolysis) is 1. The van der Waals surface area contributed by atoms with Crippen molar-refractivity contribution in [1.82, 2.24) is 15.5 Å². The van der Waals surface area contributed by atoms with Crippen LogP contribution in [-0.2, 0) is 14.3 Å². The molecule has 7 heteroatoms. The number of carbonyl (C=O) groups excluding carboxylic acids is 3. The summed E-state index contributed by atoms with van der Waals surface area (Å²) in [5.41, 5.74) is 2.20. The molecule has 38 heavy (non-hydrogen) atoms. The van der Waals surface area contributed by atoms with E-state index in [0.29, 0.717) is 12.8 Å². The average molecular weight is 530 g/mol. The van der Waals surface area contributed by atoms with Gasteiger partial charge < -0.3 is 20.3 Å². The Morgan fingerprint density at radius 3 is 2.18 bits per heavy atom. The maximum Gasteiger partial charge on any atom is 0.408 e. The molecule has 0 radical (unpaired) electrons. The van der Waals surface area contributed by atoms with Crippen molar-refractivity contribution in [2.75, 3.05) is 0 Å². The number of carbonyl (C=O) groups is 3. The fraction of sp³-hybridized carbons (Fsp3) is 0.710. The zero-order chi connectivity index (χ0) is 28.6. The van der Waals surface area contributed by atoms with Crippen molar-refractivity contribution in [3.63, 3.8) is 0 Å². The molecule has 214 valence electrons. The lowest BCUT2D eigenvalue weighted by atomic mass is 9.91. The molecule has 1 aromatic rings. The molecular weight excluding hydrogens is 478 g/mol. The molecule has 1 saturated carbocycles. The van der Waals surface area contributed by atoms with Crippen molar-refractivity contribution in [3.8, 4) is 0 Å². The van der Waals surface area contributed by atoms with E-state index in [4.69, 9.17) is 4.74 Å². The maximum atomic E-state index is 14.4. The summed E-state index contributed by atoms with van der Waals surface area (Å²) in [4.78, 5) is 43.0. The van der Waals surface area contributed by atoms with Gasteiger partial charge in [-0.05, 0) is 77.8 Å². The Balaban J connectivity index is 2.56. The summed E-state index contributed by atoms with van der Waals surface area (Å²) in [6.45, 7) is 17.3. The molecule has 4 unspecified atom stereocenters. The van der Waals surface area contributed by atoms with Gasteiger partial charge in [-0.2, -0.15) is 0 Å². The first-order valence-electron chi connectivity index (χ1n) is 14.5. The van der Waals surface area contributed by atoms with Crippen molar-refractivity contribution in [2.45, 2.75) is 137 Å². The predicted molar refractivity (Wildman–Crippen MR) is 153 cm³/mol. The molecular formula is C31H51N3O4. The van der Waals surface area contributed by atoms with Crippen LogP contribution >= 0.6 is 0 Å². The first kappa shape index (κ1) is 31.6. The summed E-state index contributed by atoms with van der Waals surface area (Å²) in [5, 5.41) is 6.13. The summed E-state index contributed by atoms with van der Waals surface area (Å²) in [6, 6.07) is 4.29. The second-order valence-corrected chi connectivity index (χ2v) is 12.1. The van der Waals surface area contributed by atoms with E-state index in [1.54, 1.807) is 25.7 Å². The highest BCUT2D eigenvalue weighted by molar-refractivity contribution is 5.92.